The Morgan fingerprint density at radius 2 is 1.86 bits per heavy atom. The first-order valence-corrected chi connectivity index (χ1v) is 8.82. The summed E-state index contributed by atoms with van der Waals surface area (Å²) in [5.41, 5.74) is 6.61. The molecule has 0 saturated carbocycles. The molecule has 0 fully saturated rings. The van der Waals surface area contributed by atoms with Crippen molar-refractivity contribution in [3.63, 3.8) is 0 Å². The van der Waals surface area contributed by atoms with Crippen molar-refractivity contribution in [3.05, 3.63) is 50.7 Å². The number of hydrogen-bond donors (Lipinski definition) is 2. The van der Waals surface area contributed by atoms with E-state index in [2.05, 4.69) is 36.6 Å². The van der Waals surface area contributed by atoms with Crippen LogP contribution in [0.4, 0.5) is 15.8 Å². The second-order valence-corrected chi connectivity index (χ2v) is 7.68. The van der Waals surface area contributed by atoms with Crippen molar-refractivity contribution in [1.82, 2.24) is 0 Å². The lowest BCUT2D eigenvalue weighted by atomic mass is 10.2. The molecular formula is C13H11Br2FN2O2S. The van der Waals surface area contributed by atoms with Crippen LogP contribution in [0.15, 0.2) is 44.2 Å². The fourth-order valence-electron chi connectivity index (χ4n) is 1.69. The monoisotopic (exact) mass is 436 g/mol. The highest BCUT2D eigenvalue weighted by Crippen LogP contribution is 2.30. The van der Waals surface area contributed by atoms with Crippen LogP contribution >= 0.6 is 31.9 Å². The van der Waals surface area contributed by atoms with Crippen LogP contribution in [0.3, 0.4) is 0 Å². The van der Waals surface area contributed by atoms with E-state index >= 15 is 0 Å². The lowest BCUT2D eigenvalue weighted by Crippen LogP contribution is -2.16. The third-order valence-corrected chi connectivity index (χ3v) is 5.74. The molecule has 3 N–H and O–H groups in total. The molecule has 0 saturated heterocycles. The summed E-state index contributed by atoms with van der Waals surface area (Å²) in [6.07, 6.45) is 0. The Balaban J connectivity index is 2.48. The number of rotatable bonds is 3. The number of sulfonamides is 1. The van der Waals surface area contributed by atoms with Crippen LogP contribution < -0.4 is 10.5 Å². The molecule has 0 radical (unpaired) electrons. The van der Waals surface area contributed by atoms with Crippen LogP contribution in [0.25, 0.3) is 0 Å². The third kappa shape index (κ3) is 3.38. The van der Waals surface area contributed by atoms with E-state index in [1.165, 1.54) is 0 Å². The molecule has 0 aliphatic carbocycles. The molecule has 21 heavy (non-hydrogen) atoms. The Hall–Kier alpha value is -1.12. The van der Waals surface area contributed by atoms with Gasteiger partial charge in [-0.05, 0) is 52.7 Å². The first-order valence-electron chi connectivity index (χ1n) is 5.75. The third-order valence-electron chi connectivity index (χ3n) is 2.85. The van der Waals surface area contributed by atoms with Crippen molar-refractivity contribution < 1.29 is 12.8 Å². The van der Waals surface area contributed by atoms with E-state index in [-0.39, 0.29) is 15.1 Å². The molecule has 0 amide bonds. The van der Waals surface area contributed by atoms with Crippen LogP contribution in [0, 0.1) is 12.7 Å². The van der Waals surface area contributed by atoms with Crippen molar-refractivity contribution in [2.24, 2.45) is 0 Å². The van der Waals surface area contributed by atoms with Crippen molar-refractivity contribution in [2.75, 3.05) is 10.5 Å². The molecule has 0 aliphatic heterocycles. The van der Waals surface area contributed by atoms with E-state index in [1.54, 1.807) is 25.1 Å². The molecule has 8 heteroatoms. The van der Waals surface area contributed by atoms with E-state index in [0.29, 0.717) is 5.69 Å². The standard InChI is InChI=1S/C13H11Br2FN2O2S/c1-7-8(14)3-2-4-12(7)18-21(19,20)13-5-9(15)10(16)6-11(13)17/h2-6,18H,17H2,1H3. The van der Waals surface area contributed by atoms with Gasteiger partial charge in [0.25, 0.3) is 10.0 Å². The lowest BCUT2D eigenvalue weighted by Gasteiger charge is -2.13. The molecule has 0 atom stereocenters. The van der Waals surface area contributed by atoms with Crippen LogP contribution in [-0.2, 0) is 10.0 Å². The highest BCUT2D eigenvalue weighted by Gasteiger charge is 2.20. The van der Waals surface area contributed by atoms with Gasteiger partial charge in [-0.2, -0.15) is 0 Å². The van der Waals surface area contributed by atoms with Crippen LogP contribution in [0.2, 0.25) is 0 Å². The molecule has 4 nitrogen and oxygen atoms in total. The summed E-state index contributed by atoms with van der Waals surface area (Å²) in [7, 11) is -3.92. The zero-order chi connectivity index (χ0) is 15.8. The van der Waals surface area contributed by atoms with Gasteiger partial charge in [-0.25, -0.2) is 12.8 Å². The van der Waals surface area contributed by atoms with Gasteiger partial charge in [-0.15, -0.1) is 0 Å². The maximum atomic E-state index is 13.3. The minimum absolute atomic E-state index is 0.0306. The van der Waals surface area contributed by atoms with Gasteiger partial charge in [0.15, 0.2) is 0 Å². The first kappa shape index (κ1) is 16.3. The highest BCUT2D eigenvalue weighted by molar-refractivity contribution is 9.10. The maximum absolute atomic E-state index is 13.3. The Bertz CT molecular complexity index is 810. The van der Waals surface area contributed by atoms with Gasteiger partial charge in [0, 0.05) is 4.47 Å². The summed E-state index contributed by atoms with van der Waals surface area (Å²) in [6, 6.07) is 7.24. The van der Waals surface area contributed by atoms with E-state index < -0.39 is 15.8 Å². The zero-order valence-electron chi connectivity index (χ0n) is 10.8. The summed E-state index contributed by atoms with van der Waals surface area (Å²) < 4.78 is 41.4. The highest BCUT2D eigenvalue weighted by atomic mass is 79.9. The van der Waals surface area contributed by atoms with E-state index in [0.717, 1.165) is 22.2 Å². The van der Waals surface area contributed by atoms with Gasteiger partial charge in [0.2, 0.25) is 0 Å². The lowest BCUT2D eigenvalue weighted by molar-refractivity contribution is 0.599. The van der Waals surface area contributed by atoms with Crippen LogP contribution in [0.1, 0.15) is 5.56 Å². The van der Waals surface area contributed by atoms with Crippen molar-refractivity contribution >= 4 is 53.3 Å². The number of nitrogens with one attached hydrogen (secondary N) is 1. The zero-order valence-corrected chi connectivity index (χ0v) is 14.8. The fraction of sp³-hybridized carbons (Fsp3) is 0.0769. The average molecular weight is 438 g/mol. The van der Waals surface area contributed by atoms with Gasteiger partial charge in [-0.3, -0.25) is 4.72 Å². The average Bonchev–Trinajstić information content (AvgIpc) is 2.39. The molecule has 0 aliphatic rings. The predicted molar refractivity (Wildman–Crippen MR) is 88.2 cm³/mol. The van der Waals surface area contributed by atoms with Gasteiger partial charge in [-0.1, -0.05) is 22.0 Å². The Labute approximate surface area is 138 Å². The normalized spacial score (nSPS) is 11.4. The second-order valence-electron chi connectivity index (χ2n) is 4.32. The van der Waals surface area contributed by atoms with Crippen molar-refractivity contribution in [2.45, 2.75) is 11.8 Å². The summed E-state index contributed by atoms with van der Waals surface area (Å²) in [4.78, 5) is -0.185. The SMILES string of the molecule is Cc1c(Br)cccc1NS(=O)(=O)c1cc(Br)c(F)cc1N. The second kappa shape index (κ2) is 5.94. The molecule has 2 aromatic rings. The number of nitrogens with two attached hydrogens (primary N) is 1. The quantitative estimate of drug-likeness (QED) is 0.711. The smallest absolute Gasteiger partial charge is 0.263 e. The molecule has 2 aromatic carbocycles. The molecule has 2 rings (SSSR count). The van der Waals surface area contributed by atoms with Gasteiger partial charge in [0.1, 0.15) is 10.7 Å². The molecule has 0 aromatic heterocycles. The minimum Gasteiger partial charge on any atom is -0.398 e. The summed E-state index contributed by atoms with van der Waals surface area (Å²) in [5.74, 6) is -0.620. The fourth-order valence-corrected chi connectivity index (χ4v) is 3.82. The maximum Gasteiger partial charge on any atom is 0.263 e. The van der Waals surface area contributed by atoms with Crippen molar-refractivity contribution in [1.29, 1.82) is 0 Å². The molecule has 0 bridgehead atoms. The van der Waals surface area contributed by atoms with Gasteiger partial charge < -0.3 is 5.73 Å². The largest absolute Gasteiger partial charge is 0.398 e. The molecule has 112 valence electrons. The topological polar surface area (TPSA) is 72.2 Å². The molecule has 0 heterocycles. The minimum atomic E-state index is -3.92. The van der Waals surface area contributed by atoms with Crippen LogP contribution in [0.5, 0.6) is 0 Å². The van der Waals surface area contributed by atoms with Crippen LogP contribution in [-0.4, -0.2) is 8.42 Å². The number of hydrogen-bond acceptors (Lipinski definition) is 3. The van der Waals surface area contributed by atoms with E-state index in [4.69, 9.17) is 5.73 Å². The summed E-state index contributed by atoms with van der Waals surface area (Å²) in [6.45, 7) is 1.77. The number of benzene rings is 2. The number of nitrogen functional groups attached to an aromatic ring is 1. The van der Waals surface area contributed by atoms with Crippen molar-refractivity contribution in [3.8, 4) is 0 Å². The van der Waals surface area contributed by atoms with Gasteiger partial charge in [0.05, 0.1) is 15.8 Å². The Kier molecular flexibility index (Phi) is 4.60. The Morgan fingerprint density at radius 1 is 1.19 bits per heavy atom. The number of anilines is 2. The van der Waals surface area contributed by atoms with E-state index in [9.17, 15) is 12.8 Å². The summed E-state index contributed by atoms with van der Waals surface area (Å²) >= 11 is 6.28. The molecular weight excluding hydrogens is 427 g/mol. The molecule has 0 unspecified atom stereocenters. The van der Waals surface area contributed by atoms with E-state index in [1.807, 2.05) is 0 Å². The Morgan fingerprint density at radius 3 is 2.52 bits per heavy atom. The summed E-state index contributed by atoms with van der Waals surface area (Å²) in [5, 5.41) is 0. The number of halogens is 3. The van der Waals surface area contributed by atoms with Gasteiger partial charge >= 0.3 is 0 Å². The predicted octanol–water partition coefficient (Wildman–Crippen LogP) is 4.04. The first-order chi connectivity index (χ1) is 9.72. The molecule has 0 spiro atoms.